The molecule has 0 bridgehead atoms. The molecular formula is C86H154N30O25. The summed E-state index contributed by atoms with van der Waals surface area (Å²) >= 11 is 0. The fourth-order valence-corrected chi connectivity index (χ4v) is 14.7. The van der Waals surface area contributed by atoms with Crippen molar-refractivity contribution < 1.29 is 121 Å². The molecule has 20 atom stereocenters. The van der Waals surface area contributed by atoms with Crippen molar-refractivity contribution in [3.63, 3.8) is 0 Å². The first-order valence-corrected chi connectivity index (χ1v) is 47.3. The van der Waals surface area contributed by atoms with E-state index in [0.717, 1.165) is 18.7 Å². The van der Waals surface area contributed by atoms with E-state index in [1.165, 1.54) is 46.4 Å². The Morgan fingerprint density at radius 1 is 0.376 bits per heavy atom. The fourth-order valence-electron chi connectivity index (χ4n) is 14.7. The summed E-state index contributed by atoms with van der Waals surface area (Å²) in [4.78, 5) is 291. The number of likely N-dealkylation sites (tertiary alicyclic amines) is 2. The molecule has 0 aromatic heterocycles. The molecule has 0 aliphatic carbocycles. The van der Waals surface area contributed by atoms with Gasteiger partial charge in [0.1, 0.15) is 109 Å². The molecular weight excluding hydrogens is 1850 g/mol. The minimum absolute atomic E-state index is 0.00225. The van der Waals surface area contributed by atoms with Crippen molar-refractivity contribution >= 4 is 136 Å². The molecule has 2 saturated heterocycles. The number of carbonyl (C=O) groups is 21. The number of carboxylic acids is 1. The molecule has 798 valence electrons. The van der Waals surface area contributed by atoms with E-state index in [2.05, 4.69) is 95.7 Å². The van der Waals surface area contributed by atoms with Crippen LogP contribution in [0.15, 0.2) is 0 Å². The van der Waals surface area contributed by atoms with Crippen LogP contribution in [0, 0.1) is 16.7 Å². The summed E-state index contributed by atoms with van der Waals surface area (Å²) in [5.41, 5.74) is 33.9. The zero-order valence-electron chi connectivity index (χ0n) is 82.5. The number of nitrogens with zero attached hydrogens (tertiary/aromatic N) is 3. The Bertz CT molecular complexity index is 4240. The molecule has 0 aromatic rings. The Morgan fingerprint density at radius 2 is 0.716 bits per heavy atom. The third kappa shape index (κ3) is 46.4. The molecule has 0 aromatic carbocycles. The topological polar surface area (TPSA) is 882 Å². The third-order valence-corrected chi connectivity index (χ3v) is 22.6. The van der Waals surface area contributed by atoms with Gasteiger partial charge in [-0.1, -0.05) is 13.8 Å². The van der Waals surface area contributed by atoms with Gasteiger partial charge in [0.25, 0.3) is 0 Å². The number of rotatable bonds is 66. The van der Waals surface area contributed by atoms with Crippen molar-refractivity contribution in [1.29, 1.82) is 10.8 Å². The van der Waals surface area contributed by atoms with E-state index in [1.807, 2.05) is 10.2 Å². The molecule has 2 rings (SSSR count). The van der Waals surface area contributed by atoms with Gasteiger partial charge in [-0.25, -0.2) is 0 Å². The maximum Gasteiger partial charge on any atom is 0.322 e. The number of aliphatic carboxylic acids is 1. The second kappa shape index (κ2) is 64.5. The highest BCUT2D eigenvalue weighted by atomic mass is 16.4. The van der Waals surface area contributed by atoms with Gasteiger partial charge in [-0.3, -0.25) is 112 Å². The maximum absolute atomic E-state index is 14.5. The molecule has 2 fully saturated rings. The monoisotopic (exact) mass is 2010 g/mol. The van der Waals surface area contributed by atoms with Gasteiger partial charge < -0.3 is 171 Å². The van der Waals surface area contributed by atoms with Crippen LogP contribution in [0.5, 0.6) is 0 Å². The average Bonchev–Trinajstić information content (AvgIpc) is 1.67. The molecule has 0 unspecified atom stereocenters. The quantitative estimate of drug-likeness (QED) is 0.0153. The first-order valence-electron chi connectivity index (χ1n) is 47.3. The van der Waals surface area contributed by atoms with E-state index >= 15 is 0 Å². The Morgan fingerprint density at radius 3 is 1.13 bits per heavy atom. The van der Waals surface area contributed by atoms with Gasteiger partial charge in [-0.15, -0.1) is 0 Å². The summed E-state index contributed by atoms with van der Waals surface area (Å²) in [6.45, 7) is 12.0. The molecule has 2 heterocycles. The second-order valence-corrected chi connectivity index (χ2v) is 35.8. The summed E-state index contributed by atoms with van der Waals surface area (Å²) in [5.74, 6) is -21.0. The van der Waals surface area contributed by atoms with Gasteiger partial charge in [0.15, 0.2) is 11.9 Å². The zero-order valence-corrected chi connectivity index (χ0v) is 82.5. The SMILES string of the molecule is CC(C)C[C@H](NC(=O)[C@H](CCC(N)=O)NC(=O)[C@H](CCCCN)NC(=O)[C@H](CCCNC(=N)N)NC(=O)[C@@H]1CCCN1C(=O)[C@H](C)N)C(=O)N[C@@H](C)C(=O)N[C@H](C(=O)N[C@@H](CCCCN)C(=O)N[C@@H](C)C(=O)N[C@@H](C)C(=O)N[C@@H](CCCNC(=N)N)C(=O)N[C@@H](CCCCN(C)C)C(=O)N[C@@H](CO)C(=O)N[C@@H](C)C(=O)N1CCC[C@H]1C(=O)N[C@@H](C)C(=O)N[C@H](C(=O)NCC(=O)NCC(=O)O)[C@@H](C)O)[C@@H](C)O. The highest BCUT2D eigenvalue weighted by Gasteiger charge is 2.43. The van der Waals surface area contributed by atoms with Crippen LogP contribution in [0.2, 0.25) is 0 Å². The van der Waals surface area contributed by atoms with Gasteiger partial charge >= 0.3 is 5.97 Å². The number of carbonyl (C=O) groups excluding carboxylic acids is 20. The number of hydrogen-bond acceptors (Lipinski definition) is 30. The van der Waals surface area contributed by atoms with Crippen molar-refractivity contribution in [3.05, 3.63) is 0 Å². The first-order chi connectivity index (χ1) is 66.2. The molecule has 2 aliphatic rings. The number of aliphatic hydroxyl groups excluding tert-OH is 3. The third-order valence-electron chi connectivity index (χ3n) is 22.6. The molecule has 37 N–H and O–H groups in total. The summed E-state index contributed by atoms with van der Waals surface area (Å²) in [5, 5.41) is 103. The first kappa shape index (κ1) is 124. The minimum atomic E-state index is -1.85. The molecule has 55 heteroatoms. The van der Waals surface area contributed by atoms with Crippen molar-refractivity contribution in [2.75, 3.05) is 79.6 Å². The number of nitrogens with two attached hydrogens (primary N) is 6. The summed E-state index contributed by atoms with van der Waals surface area (Å²) in [6, 6.07) is -26.1. The lowest BCUT2D eigenvalue weighted by Gasteiger charge is -2.29. The molecule has 2 aliphatic heterocycles. The molecule has 0 radical (unpaired) electrons. The van der Waals surface area contributed by atoms with Crippen LogP contribution in [0.4, 0.5) is 0 Å². The Labute approximate surface area is 818 Å². The van der Waals surface area contributed by atoms with Crippen LogP contribution in [0.3, 0.4) is 0 Å². The van der Waals surface area contributed by atoms with E-state index in [-0.39, 0.29) is 141 Å². The standard InChI is InChI=1S/C86H154N30O25/c1-43(2)39-58(110-76(133)57(30-31-62(90)120)107-72(129)53(24-14-17-33-88)105-74(131)56(27-20-35-96-86(93)94)108-80(137)61-29-21-37-115(61)83(140)44(3)89)77(134)101-47(6)69(126)113-66(51(10)119)82(139)109-52(23-13-16-32-87)71(128)100-45(4)67(124)99-46(5)68(125)104-55(26-19-34-95-85(91)92)73(130)106-54(25-15-18-36-114(11)12)75(132)111-59(42-117)78(135)103-49(8)84(141)116-38-22-28-60(116)79(136)102-48(7)70(127)112-65(50(9)118)81(138)98-40-63(121)97-41-64(122)123/h43-61,65-66,117-119H,13-42,87-89H2,1-12H3,(H2,90,120)(H,97,121)(H,98,138)(H,99,124)(H,100,128)(H,101,134)(H,102,136)(H,103,135)(H,104,125)(H,105,131)(H,106,130)(H,107,129)(H,108,137)(H,109,139)(H,110,133)(H,111,132)(H,112,127)(H,113,126)(H,122,123)(H4,91,92,95)(H4,93,94,96)/t44-,45-,46-,47-,48-,49-,50+,51+,52-,53-,54-,55-,56-,57-,58-,59-,60-,61-,65-,66-/m0/s1. The van der Waals surface area contributed by atoms with Gasteiger partial charge in [0, 0.05) is 32.6 Å². The summed E-state index contributed by atoms with van der Waals surface area (Å²) < 4.78 is 0. The van der Waals surface area contributed by atoms with Gasteiger partial charge in [-0.05, 0) is 217 Å². The molecule has 20 amide bonds. The predicted octanol–water partition coefficient (Wildman–Crippen LogP) is -12.4. The minimum Gasteiger partial charge on any atom is -0.480 e. The van der Waals surface area contributed by atoms with Crippen LogP contribution >= 0.6 is 0 Å². The number of amides is 20. The largest absolute Gasteiger partial charge is 0.480 e. The lowest BCUT2D eigenvalue weighted by molar-refractivity contribution is -0.142. The Kier molecular flexibility index (Phi) is 56.8. The lowest BCUT2D eigenvalue weighted by atomic mass is 10.0. The number of aliphatic hydroxyl groups is 3. The maximum atomic E-state index is 14.5. The zero-order chi connectivity index (χ0) is 107. The smallest absolute Gasteiger partial charge is 0.322 e. The van der Waals surface area contributed by atoms with E-state index in [1.54, 1.807) is 27.9 Å². The van der Waals surface area contributed by atoms with Crippen molar-refractivity contribution in [2.24, 2.45) is 40.3 Å². The normalized spacial score (nSPS) is 17.2. The van der Waals surface area contributed by atoms with E-state index in [4.69, 9.17) is 50.3 Å². The number of carboxylic acid groups (broad SMARTS) is 1. The van der Waals surface area contributed by atoms with E-state index < -0.39 is 284 Å². The van der Waals surface area contributed by atoms with Crippen LogP contribution in [-0.2, 0) is 101 Å². The highest BCUT2D eigenvalue weighted by molar-refractivity contribution is 6.02. The van der Waals surface area contributed by atoms with Crippen LogP contribution in [-0.4, -0.2) is 372 Å². The molecule has 141 heavy (non-hydrogen) atoms. The number of unbranched alkanes of at least 4 members (excludes halogenated alkanes) is 3. The fraction of sp³-hybridized carbons (Fsp3) is 0.733. The summed E-state index contributed by atoms with van der Waals surface area (Å²) in [6.07, 6.45) is -1.61. The van der Waals surface area contributed by atoms with Crippen LogP contribution in [0.25, 0.3) is 0 Å². The number of nitrogens with one attached hydrogen (secondary N) is 21. The molecule has 0 saturated carbocycles. The van der Waals surface area contributed by atoms with Gasteiger partial charge in [0.2, 0.25) is 118 Å². The Hall–Kier alpha value is -12.9. The predicted molar refractivity (Wildman–Crippen MR) is 509 cm³/mol. The number of primary amides is 1. The van der Waals surface area contributed by atoms with E-state index in [0.29, 0.717) is 32.2 Å². The number of hydrogen-bond donors (Lipinski definition) is 31. The van der Waals surface area contributed by atoms with E-state index in [9.17, 15) is 116 Å². The van der Waals surface area contributed by atoms with Crippen molar-refractivity contribution in [2.45, 2.75) is 319 Å². The highest BCUT2D eigenvalue weighted by Crippen LogP contribution is 2.22. The van der Waals surface area contributed by atoms with Crippen molar-refractivity contribution in [1.82, 2.24) is 116 Å². The second-order valence-electron chi connectivity index (χ2n) is 35.8. The molecule has 0 spiro atoms. The van der Waals surface area contributed by atoms with Crippen molar-refractivity contribution in [3.8, 4) is 0 Å². The molecule has 55 nitrogen and oxygen atoms in total. The van der Waals surface area contributed by atoms with Gasteiger partial charge in [-0.2, -0.15) is 0 Å². The average molecular weight is 2010 g/mol. The lowest BCUT2D eigenvalue weighted by Crippen LogP contribution is -2.61. The number of guanidine groups is 2. The Balaban J connectivity index is 2.34. The van der Waals surface area contributed by atoms with Crippen LogP contribution in [0.1, 0.15) is 198 Å². The van der Waals surface area contributed by atoms with Gasteiger partial charge in [0.05, 0.1) is 31.4 Å². The van der Waals surface area contributed by atoms with Crippen LogP contribution < -0.4 is 135 Å². The summed E-state index contributed by atoms with van der Waals surface area (Å²) in [7, 11) is 3.58.